The van der Waals surface area contributed by atoms with Gasteiger partial charge in [-0.1, -0.05) is 0 Å². The van der Waals surface area contributed by atoms with E-state index in [0.29, 0.717) is 17.8 Å². The second kappa shape index (κ2) is 3.50. The molecule has 2 N–H and O–H groups in total. The lowest BCUT2D eigenvalue weighted by Crippen LogP contribution is -2.19. The topological polar surface area (TPSA) is 62.3 Å². The molecule has 2 saturated heterocycles. The van der Waals surface area contributed by atoms with Gasteiger partial charge in [-0.25, -0.2) is 0 Å². The first-order chi connectivity index (χ1) is 7.31. The standard InChI is InChI=1S/C10H15N3O2/c11-10-1-2-13(12-10)4-8-3-7-5-14-6-9(7)15-8/h1-2,7-9H,3-6H2,(H2,11,12)/t7-,8?,9+/m1/s1. The SMILES string of the molecule is Nc1ccn(CC2C[C@@H]3COC[C@@H]3O2)n1. The van der Waals surface area contributed by atoms with Gasteiger partial charge in [0.05, 0.1) is 32.0 Å². The van der Waals surface area contributed by atoms with Crippen molar-refractivity contribution in [2.45, 2.75) is 25.2 Å². The molecule has 0 saturated carbocycles. The van der Waals surface area contributed by atoms with Crippen molar-refractivity contribution < 1.29 is 9.47 Å². The highest BCUT2D eigenvalue weighted by molar-refractivity contribution is 5.23. The first-order valence-corrected chi connectivity index (χ1v) is 5.33. The molecule has 0 aliphatic carbocycles. The number of ether oxygens (including phenoxy) is 2. The van der Waals surface area contributed by atoms with Crippen molar-refractivity contribution in [3.05, 3.63) is 12.3 Å². The monoisotopic (exact) mass is 209 g/mol. The Kier molecular flexibility index (Phi) is 2.14. The van der Waals surface area contributed by atoms with Gasteiger partial charge in [0.1, 0.15) is 5.82 Å². The van der Waals surface area contributed by atoms with Crippen molar-refractivity contribution in [3.8, 4) is 0 Å². The van der Waals surface area contributed by atoms with Crippen LogP contribution in [0.4, 0.5) is 5.82 Å². The fourth-order valence-electron chi connectivity index (χ4n) is 2.39. The number of anilines is 1. The van der Waals surface area contributed by atoms with Crippen molar-refractivity contribution in [1.82, 2.24) is 9.78 Å². The molecule has 1 unspecified atom stereocenters. The molecule has 3 rings (SSSR count). The fourth-order valence-corrected chi connectivity index (χ4v) is 2.39. The highest BCUT2D eigenvalue weighted by atomic mass is 16.6. The Hall–Kier alpha value is -1.07. The summed E-state index contributed by atoms with van der Waals surface area (Å²) in [6, 6.07) is 1.80. The zero-order chi connectivity index (χ0) is 10.3. The van der Waals surface area contributed by atoms with Crippen LogP contribution in [0.25, 0.3) is 0 Å². The molecule has 1 aromatic rings. The number of aromatic nitrogens is 2. The summed E-state index contributed by atoms with van der Waals surface area (Å²) in [7, 11) is 0. The Balaban J connectivity index is 1.61. The van der Waals surface area contributed by atoms with Crippen LogP contribution in [0.3, 0.4) is 0 Å². The number of fused-ring (bicyclic) bond motifs is 1. The number of hydrogen-bond donors (Lipinski definition) is 1. The molecule has 3 atom stereocenters. The molecule has 15 heavy (non-hydrogen) atoms. The number of nitrogens with two attached hydrogens (primary N) is 1. The van der Waals surface area contributed by atoms with E-state index in [1.165, 1.54) is 0 Å². The van der Waals surface area contributed by atoms with Crippen molar-refractivity contribution in [2.75, 3.05) is 18.9 Å². The van der Waals surface area contributed by atoms with Crippen LogP contribution < -0.4 is 5.73 Å². The zero-order valence-corrected chi connectivity index (χ0v) is 8.50. The third-order valence-corrected chi connectivity index (χ3v) is 3.12. The van der Waals surface area contributed by atoms with Crippen molar-refractivity contribution in [3.63, 3.8) is 0 Å². The van der Waals surface area contributed by atoms with Crippen LogP contribution in [0.15, 0.2) is 12.3 Å². The Bertz CT molecular complexity index is 340. The average molecular weight is 209 g/mol. The van der Waals surface area contributed by atoms with Gasteiger partial charge in [-0.15, -0.1) is 0 Å². The molecule has 82 valence electrons. The summed E-state index contributed by atoms with van der Waals surface area (Å²) in [6.45, 7) is 2.40. The molecule has 0 radical (unpaired) electrons. The smallest absolute Gasteiger partial charge is 0.145 e. The van der Waals surface area contributed by atoms with Crippen LogP contribution in [0.1, 0.15) is 6.42 Å². The van der Waals surface area contributed by atoms with Gasteiger partial charge in [0, 0.05) is 12.1 Å². The number of nitrogen functional groups attached to an aromatic ring is 1. The summed E-state index contributed by atoms with van der Waals surface area (Å²) in [5, 5.41) is 4.15. The van der Waals surface area contributed by atoms with E-state index in [-0.39, 0.29) is 6.10 Å². The molecule has 3 heterocycles. The third kappa shape index (κ3) is 1.72. The van der Waals surface area contributed by atoms with Crippen molar-refractivity contribution in [2.24, 2.45) is 5.92 Å². The average Bonchev–Trinajstić information content (AvgIpc) is 2.81. The molecule has 0 bridgehead atoms. The molecule has 0 spiro atoms. The summed E-state index contributed by atoms with van der Waals surface area (Å²) < 4.78 is 13.1. The van der Waals surface area contributed by atoms with Gasteiger partial charge in [0.25, 0.3) is 0 Å². The summed E-state index contributed by atoms with van der Waals surface area (Å²) in [6.07, 6.45) is 3.54. The van der Waals surface area contributed by atoms with Gasteiger partial charge in [0.2, 0.25) is 0 Å². The maximum atomic E-state index is 5.87. The molecular weight excluding hydrogens is 194 g/mol. The minimum absolute atomic E-state index is 0.267. The lowest BCUT2D eigenvalue weighted by atomic mass is 10.0. The maximum absolute atomic E-state index is 5.87. The number of hydrogen-bond acceptors (Lipinski definition) is 4. The van der Waals surface area contributed by atoms with E-state index in [1.807, 2.05) is 10.9 Å². The normalized spacial score (nSPS) is 34.5. The van der Waals surface area contributed by atoms with E-state index >= 15 is 0 Å². The largest absolute Gasteiger partial charge is 0.382 e. The van der Waals surface area contributed by atoms with E-state index < -0.39 is 0 Å². The minimum Gasteiger partial charge on any atom is -0.382 e. The zero-order valence-electron chi connectivity index (χ0n) is 8.50. The van der Waals surface area contributed by atoms with Crippen LogP contribution >= 0.6 is 0 Å². The second-order valence-electron chi connectivity index (χ2n) is 4.29. The van der Waals surface area contributed by atoms with Crippen molar-refractivity contribution >= 4 is 5.82 Å². The minimum atomic E-state index is 0.267. The molecule has 5 heteroatoms. The second-order valence-corrected chi connectivity index (χ2v) is 4.29. The van der Waals surface area contributed by atoms with Crippen LogP contribution in [0.2, 0.25) is 0 Å². The quantitative estimate of drug-likeness (QED) is 0.759. The number of rotatable bonds is 2. The summed E-state index contributed by atoms with van der Waals surface area (Å²) in [5.74, 6) is 1.15. The molecular formula is C10H15N3O2. The van der Waals surface area contributed by atoms with E-state index in [4.69, 9.17) is 15.2 Å². The predicted octanol–water partition coefficient (Wildman–Crippen LogP) is 0.269. The predicted molar refractivity (Wildman–Crippen MR) is 54.2 cm³/mol. The van der Waals surface area contributed by atoms with Gasteiger partial charge < -0.3 is 15.2 Å². The fraction of sp³-hybridized carbons (Fsp3) is 0.700. The molecule has 2 aliphatic rings. The summed E-state index contributed by atoms with van der Waals surface area (Å²) in [5.41, 5.74) is 5.55. The Morgan fingerprint density at radius 2 is 2.47 bits per heavy atom. The maximum Gasteiger partial charge on any atom is 0.145 e. The van der Waals surface area contributed by atoms with Gasteiger partial charge in [0.15, 0.2) is 0 Å². The highest BCUT2D eigenvalue weighted by Crippen LogP contribution is 2.31. The van der Waals surface area contributed by atoms with Gasteiger partial charge >= 0.3 is 0 Å². The Morgan fingerprint density at radius 3 is 3.20 bits per heavy atom. The lowest BCUT2D eigenvalue weighted by Gasteiger charge is -2.11. The van der Waals surface area contributed by atoms with Gasteiger partial charge in [-0.05, 0) is 12.5 Å². The van der Waals surface area contributed by atoms with Crippen LogP contribution in [0, 0.1) is 5.92 Å². The highest BCUT2D eigenvalue weighted by Gasteiger charge is 2.39. The van der Waals surface area contributed by atoms with Crippen LogP contribution in [-0.4, -0.2) is 35.2 Å². The molecule has 2 aliphatic heterocycles. The molecule has 1 aromatic heterocycles. The Labute approximate surface area is 88.1 Å². The first kappa shape index (κ1) is 9.18. The van der Waals surface area contributed by atoms with Gasteiger partial charge in [-0.2, -0.15) is 5.10 Å². The first-order valence-electron chi connectivity index (χ1n) is 5.33. The molecule has 0 amide bonds. The van der Waals surface area contributed by atoms with Crippen LogP contribution in [-0.2, 0) is 16.0 Å². The third-order valence-electron chi connectivity index (χ3n) is 3.12. The summed E-state index contributed by atoms with van der Waals surface area (Å²) in [4.78, 5) is 0. The molecule has 2 fully saturated rings. The molecule has 0 aromatic carbocycles. The van der Waals surface area contributed by atoms with E-state index in [9.17, 15) is 0 Å². The van der Waals surface area contributed by atoms with Crippen LogP contribution in [0.5, 0.6) is 0 Å². The lowest BCUT2D eigenvalue weighted by molar-refractivity contribution is 0.0110. The van der Waals surface area contributed by atoms with Gasteiger partial charge in [-0.3, -0.25) is 4.68 Å². The summed E-state index contributed by atoms with van der Waals surface area (Å²) >= 11 is 0. The Morgan fingerprint density at radius 1 is 1.53 bits per heavy atom. The van der Waals surface area contributed by atoms with E-state index in [2.05, 4.69) is 5.10 Å². The van der Waals surface area contributed by atoms with Crippen molar-refractivity contribution in [1.29, 1.82) is 0 Å². The number of nitrogens with zero attached hydrogens (tertiary/aromatic N) is 2. The molecule has 5 nitrogen and oxygen atoms in total. The van der Waals surface area contributed by atoms with E-state index in [0.717, 1.165) is 26.2 Å². The van der Waals surface area contributed by atoms with E-state index in [1.54, 1.807) is 6.07 Å².